The molecule has 0 heterocycles. The van der Waals surface area contributed by atoms with Crippen molar-refractivity contribution in [3.63, 3.8) is 0 Å². The summed E-state index contributed by atoms with van der Waals surface area (Å²) in [4.78, 5) is 26.3. The number of rotatable bonds is 9. The average molecular weight is 367 g/mol. The van der Waals surface area contributed by atoms with Gasteiger partial charge >= 0.3 is 0 Å². The van der Waals surface area contributed by atoms with Crippen molar-refractivity contribution in [1.29, 1.82) is 0 Å². The van der Waals surface area contributed by atoms with E-state index in [1.165, 1.54) is 0 Å². The summed E-state index contributed by atoms with van der Waals surface area (Å²) in [6.45, 7) is 4.43. The van der Waals surface area contributed by atoms with E-state index in [9.17, 15) is 9.59 Å². The Kier molecular flexibility index (Phi) is 8.01. The normalized spacial score (nSPS) is 11.9. The smallest absolute Gasteiger partial charge is 0.238 e. The fourth-order valence-electron chi connectivity index (χ4n) is 2.92. The average Bonchev–Trinajstić information content (AvgIpc) is 2.63. The molecule has 0 aliphatic heterocycles. The zero-order chi connectivity index (χ0) is 19.6. The number of nitrogens with zero attached hydrogens (tertiary/aromatic N) is 1. The van der Waals surface area contributed by atoms with Gasteiger partial charge in [0, 0.05) is 5.69 Å². The molecule has 0 radical (unpaired) electrons. The molecule has 5 nitrogen and oxygen atoms in total. The number of hydrogen-bond acceptors (Lipinski definition) is 3. The minimum absolute atomic E-state index is 0.00140. The Morgan fingerprint density at radius 2 is 1.59 bits per heavy atom. The predicted octanol–water partition coefficient (Wildman–Crippen LogP) is 3.52. The second-order valence-corrected chi connectivity index (χ2v) is 6.91. The molecule has 0 aliphatic rings. The zero-order valence-electron chi connectivity index (χ0n) is 16.4. The van der Waals surface area contributed by atoms with Crippen LogP contribution in [-0.2, 0) is 9.59 Å². The lowest BCUT2D eigenvalue weighted by atomic mass is 10.0. The Hall–Kier alpha value is -2.66. The highest BCUT2D eigenvalue weighted by atomic mass is 16.2. The summed E-state index contributed by atoms with van der Waals surface area (Å²) in [5.41, 5.74) is 3.00. The third kappa shape index (κ3) is 7.23. The van der Waals surface area contributed by atoms with Crippen molar-refractivity contribution < 1.29 is 9.59 Å². The molecule has 0 saturated carbocycles. The van der Waals surface area contributed by atoms with Crippen molar-refractivity contribution in [2.75, 3.05) is 25.5 Å². The molecule has 0 unspecified atom stereocenters. The van der Waals surface area contributed by atoms with Gasteiger partial charge in [0.2, 0.25) is 11.8 Å². The van der Waals surface area contributed by atoms with Crippen molar-refractivity contribution in [1.82, 2.24) is 10.2 Å². The largest absolute Gasteiger partial charge is 0.348 e. The number of anilines is 1. The highest BCUT2D eigenvalue weighted by Crippen LogP contribution is 2.17. The van der Waals surface area contributed by atoms with Crippen molar-refractivity contribution in [3.05, 3.63) is 65.7 Å². The number of benzene rings is 2. The highest BCUT2D eigenvalue weighted by molar-refractivity contribution is 5.92. The van der Waals surface area contributed by atoms with Crippen molar-refractivity contribution in [3.8, 4) is 0 Å². The first-order valence-electron chi connectivity index (χ1n) is 9.37. The molecule has 2 aromatic rings. The van der Waals surface area contributed by atoms with E-state index >= 15 is 0 Å². The van der Waals surface area contributed by atoms with Crippen LogP contribution in [0.2, 0.25) is 0 Å². The van der Waals surface area contributed by atoms with Gasteiger partial charge in [-0.25, -0.2) is 0 Å². The zero-order valence-corrected chi connectivity index (χ0v) is 16.4. The predicted molar refractivity (Wildman–Crippen MR) is 110 cm³/mol. The van der Waals surface area contributed by atoms with Crippen LogP contribution >= 0.6 is 0 Å². The highest BCUT2D eigenvalue weighted by Gasteiger charge is 2.16. The van der Waals surface area contributed by atoms with Crippen LogP contribution in [0.3, 0.4) is 0 Å². The van der Waals surface area contributed by atoms with E-state index in [4.69, 9.17) is 0 Å². The van der Waals surface area contributed by atoms with Gasteiger partial charge in [-0.3, -0.25) is 14.5 Å². The summed E-state index contributed by atoms with van der Waals surface area (Å²) in [6.07, 6.45) is 1.86. The number of aryl methyl sites for hydroxylation is 1. The number of carbonyl (C=O) groups excluding carboxylic acids is 2. The van der Waals surface area contributed by atoms with Gasteiger partial charge in [0.1, 0.15) is 0 Å². The first-order valence-corrected chi connectivity index (χ1v) is 9.37. The first-order chi connectivity index (χ1) is 13.0. The second-order valence-electron chi connectivity index (χ2n) is 6.91. The van der Waals surface area contributed by atoms with Crippen LogP contribution in [0.15, 0.2) is 54.6 Å². The molecule has 0 bridgehead atoms. The van der Waals surface area contributed by atoms with Gasteiger partial charge in [-0.05, 0) is 38.1 Å². The number of carbonyl (C=O) groups is 2. The van der Waals surface area contributed by atoms with E-state index < -0.39 is 0 Å². The van der Waals surface area contributed by atoms with E-state index in [-0.39, 0.29) is 30.9 Å². The van der Waals surface area contributed by atoms with Crippen LogP contribution in [0.25, 0.3) is 0 Å². The van der Waals surface area contributed by atoms with E-state index in [0.717, 1.165) is 29.7 Å². The quantitative estimate of drug-likeness (QED) is 0.713. The van der Waals surface area contributed by atoms with Crippen LogP contribution in [0.4, 0.5) is 5.69 Å². The van der Waals surface area contributed by atoms with E-state index in [0.29, 0.717) is 0 Å². The minimum atomic E-state index is -0.137. The van der Waals surface area contributed by atoms with Gasteiger partial charge < -0.3 is 10.6 Å². The molecule has 5 heteroatoms. The SMILES string of the molecule is CCC[C@H](NC(=O)CN(C)CC(=O)Nc1ccc(C)cc1)c1ccccc1. The molecule has 2 rings (SSSR count). The minimum Gasteiger partial charge on any atom is -0.348 e. The lowest BCUT2D eigenvalue weighted by molar-refractivity contribution is -0.123. The number of nitrogens with one attached hydrogen (secondary N) is 2. The Bertz CT molecular complexity index is 729. The fraction of sp³-hybridized carbons (Fsp3) is 0.364. The van der Waals surface area contributed by atoms with Gasteiger partial charge in [-0.2, -0.15) is 0 Å². The molecule has 144 valence electrons. The monoisotopic (exact) mass is 367 g/mol. The lowest BCUT2D eigenvalue weighted by Crippen LogP contribution is -2.40. The van der Waals surface area contributed by atoms with Gasteiger partial charge in [0.25, 0.3) is 0 Å². The molecular weight excluding hydrogens is 338 g/mol. The Morgan fingerprint density at radius 1 is 0.963 bits per heavy atom. The van der Waals surface area contributed by atoms with Gasteiger partial charge in [-0.1, -0.05) is 61.4 Å². The summed E-state index contributed by atoms with van der Waals surface area (Å²) in [6, 6.07) is 17.6. The van der Waals surface area contributed by atoms with Crippen LogP contribution in [0, 0.1) is 6.92 Å². The summed E-state index contributed by atoms with van der Waals surface area (Å²) < 4.78 is 0. The third-order valence-corrected chi connectivity index (χ3v) is 4.28. The maximum absolute atomic E-state index is 12.4. The first kappa shape index (κ1) is 20.6. The van der Waals surface area contributed by atoms with Crippen LogP contribution in [-0.4, -0.2) is 36.9 Å². The van der Waals surface area contributed by atoms with Crippen LogP contribution in [0.1, 0.15) is 36.9 Å². The lowest BCUT2D eigenvalue weighted by Gasteiger charge is -2.21. The summed E-state index contributed by atoms with van der Waals surface area (Å²) in [7, 11) is 1.77. The maximum atomic E-state index is 12.4. The van der Waals surface area contributed by atoms with Crippen LogP contribution < -0.4 is 10.6 Å². The molecule has 2 amide bonds. The Morgan fingerprint density at radius 3 is 2.22 bits per heavy atom. The number of amides is 2. The molecular formula is C22H29N3O2. The molecule has 27 heavy (non-hydrogen) atoms. The van der Waals surface area contributed by atoms with E-state index in [1.54, 1.807) is 11.9 Å². The molecule has 0 aliphatic carbocycles. The maximum Gasteiger partial charge on any atom is 0.238 e. The topological polar surface area (TPSA) is 61.4 Å². The van der Waals surface area contributed by atoms with Crippen LogP contribution in [0.5, 0.6) is 0 Å². The summed E-state index contributed by atoms with van der Waals surface area (Å²) in [5.74, 6) is -0.217. The molecule has 0 spiro atoms. The van der Waals surface area contributed by atoms with Crippen molar-refractivity contribution >= 4 is 17.5 Å². The summed E-state index contributed by atoms with van der Waals surface area (Å²) >= 11 is 0. The molecule has 0 fully saturated rings. The number of hydrogen-bond donors (Lipinski definition) is 2. The Labute approximate surface area is 161 Å². The molecule has 0 aromatic heterocycles. The van der Waals surface area contributed by atoms with Gasteiger partial charge in [-0.15, -0.1) is 0 Å². The molecule has 0 saturated heterocycles. The van der Waals surface area contributed by atoms with Gasteiger partial charge in [0.15, 0.2) is 0 Å². The molecule has 2 N–H and O–H groups in total. The molecule has 1 atom stereocenters. The third-order valence-electron chi connectivity index (χ3n) is 4.28. The van der Waals surface area contributed by atoms with E-state index in [2.05, 4.69) is 17.6 Å². The van der Waals surface area contributed by atoms with Gasteiger partial charge in [0.05, 0.1) is 19.1 Å². The summed E-state index contributed by atoms with van der Waals surface area (Å²) in [5, 5.41) is 5.93. The Balaban J connectivity index is 1.82. The number of likely N-dealkylation sites (N-methyl/N-ethyl adjacent to an activating group) is 1. The second kappa shape index (κ2) is 10.5. The standard InChI is InChI=1S/C22H29N3O2/c1-4-8-20(18-9-6-5-7-10-18)24-22(27)16-25(3)15-21(26)23-19-13-11-17(2)12-14-19/h5-7,9-14,20H,4,8,15-16H2,1-3H3,(H,23,26)(H,24,27)/t20-/m0/s1. The van der Waals surface area contributed by atoms with Crippen molar-refractivity contribution in [2.24, 2.45) is 0 Å². The van der Waals surface area contributed by atoms with Crippen molar-refractivity contribution in [2.45, 2.75) is 32.7 Å². The molecule has 2 aromatic carbocycles. The van der Waals surface area contributed by atoms with E-state index in [1.807, 2.05) is 61.5 Å². The fourth-order valence-corrected chi connectivity index (χ4v) is 2.92.